The van der Waals surface area contributed by atoms with E-state index in [1.165, 1.54) is 0 Å². The third-order valence-corrected chi connectivity index (χ3v) is 6.22. The van der Waals surface area contributed by atoms with E-state index >= 15 is 0 Å². The molecule has 2 heterocycles. The SMILES string of the molecule is COc1ccc(CN(Cc2cc3cc4c(cc3[nH]c2=O)OCO4)C(=S)Nc2cccc(C)c2)cc1. The molecule has 0 radical (unpaired) electrons. The lowest BCUT2D eigenvalue weighted by Gasteiger charge is -2.26. The van der Waals surface area contributed by atoms with E-state index in [2.05, 4.69) is 10.3 Å². The molecule has 178 valence electrons. The van der Waals surface area contributed by atoms with Gasteiger partial charge in [0.25, 0.3) is 5.56 Å². The van der Waals surface area contributed by atoms with Gasteiger partial charge in [-0.3, -0.25) is 4.79 Å². The second-order valence-corrected chi connectivity index (χ2v) is 8.81. The molecule has 2 N–H and O–H groups in total. The number of nitrogens with one attached hydrogen (secondary N) is 2. The number of rotatable bonds is 6. The van der Waals surface area contributed by atoms with Crippen molar-refractivity contribution in [2.75, 3.05) is 19.2 Å². The van der Waals surface area contributed by atoms with Crippen molar-refractivity contribution in [1.82, 2.24) is 9.88 Å². The van der Waals surface area contributed by atoms with E-state index in [0.717, 1.165) is 28.0 Å². The average molecular weight is 488 g/mol. The number of aryl methyl sites for hydroxylation is 1. The number of H-pyrrole nitrogens is 1. The number of nitrogens with zero attached hydrogens (tertiary/aromatic N) is 1. The van der Waals surface area contributed by atoms with Gasteiger partial charge in [-0.15, -0.1) is 0 Å². The van der Waals surface area contributed by atoms with Crippen LogP contribution < -0.4 is 25.1 Å². The molecule has 35 heavy (non-hydrogen) atoms. The van der Waals surface area contributed by atoms with Gasteiger partial charge in [0, 0.05) is 29.2 Å². The molecule has 0 fully saturated rings. The number of aromatic nitrogens is 1. The highest BCUT2D eigenvalue weighted by Gasteiger charge is 2.18. The summed E-state index contributed by atoms with van der Waals surface area (Å²) in [5.74, 6) is 2.08. The van der Waals surface area contributed by atoms with Crippen molar-refractivity contribution in [2.24, 2.45) is 0 Å². The number of pyridine rings is 1. The first kappa shape index (κ1) is 22.7. The van der Waals surface area contributed by atoms with E-state index in [1.807, 2.05) is 72.5 Å². The first-order valence-electron chi connectivity index (χ1n) is 11.2. The summed E-state index contributed by atoms with van der Waals surface area (Å²) in [4.78, 5) is 17.9. The minimum absolute atomic E-state index is 0.172. The van der Waals surface area contributed by atoms with Gasteiger partial charge in [0.2, 0.25) is 6.79 Å². The van der Waals surface area contributed by atoms with Crippen LogP contribution in [0.4, 0.5) is 5.69 Å². The van der Waals surface area contributed by atoms with Crippen LogP contribution in [0.5, 0.6) is 17.2 Å². The molecule has 0 aliphatic carbocycles. The van der Waals surface area contributed by atoms with Crippen LogP contribution in [-0.2, 0) is 13.1 Å². The second kappa shape index (κ2) is 9.68. The molecule has 4 aromatic rings. The Balaban J connectivity index is 1.46. The summed E-state index contributed by atoms with van der Waals surface area (Å²) in [6.07, 6.45) is 0. The first-order chi connectivity index (χ1) is 17.0. The quantitative estimate of drug-likeness (QED) is 0.372. The largest absolute Gasteiger partial charge is 0.497 e. The lowest BCUT2D eigenvalue weighted by atomic mass is 10.1. The van der Waals surface area contributed by atoms with Crippen molar-refractivity contribution >= 4 is 33.9 Å². The zero-order chi connectivity index (χ0) is 24.4. The number of methoxy groups -OCH3 is 1. The van der Waals surface area contributed by atoms with Crippen LogP contribution in [0.2, 0.25) is 0 Å². The number of aromatic amines is 1. The molecule has 7 nitrogen and oxygen atoms in total. The van der Waals surface area contributed by atoms with Crippen LogP contribution >= 0.6 is 12.2 Å². The summed E-state index contributed by atoms with van der Waals surface area (Å²) in [5.41, 5.74) is 4.19. The fourth-order valence-corrected chi connectivity index (χ4v) is 4.29. The van der Waals surface area contributed by atoms with Gasteiger partial charge in [-0.2, -0.15) is 0 Å². The molecule has 0 unspecified atom stereocenters. The number of hydrogen-bond acceptors (Lipinski definition) is 5. The maximum Gasteiger partial charge on any atom is 0.253 e. The summed E-state index contributed by atoms with van der Waals surface area (Å²) >= 11 is 5.79. The molecule has 0 atom stereocenters. The van der Waals surface area contributed by atoms with Crippen molar-refractivity contribution in [3.8, 4) is 17.2 Å². The van der Waals surface area contributed by atoms with E-state index < -0.39 is 0 Å². The Morgan fingerprint density at radius 3 is 2.57 bits per heavy atom. The Hall–Kier alpha value is -4.04. The maximum atomic E-state index is 13.0. The van der Waals surface area contributed by atoms with E-state index in [9.17, 15) is 4.79 Å². The number of anilines is 1. The molecule has 1 aromatic heterocycles. The minimum atomic E-state index is -0.172. The predicted molar refractivity (Wildman–Crippen MR) is 140 cm³/mol. The Labute approximate surface area is 208 Å². The Morgan fingerprint density at radius 1 is 1.06 bits per heavy atom. The Bertz CT molecular complexity index is 1450. The zero-order valence-corrected chi connectivity index (χ0v) is 20.3. The number of fused-ring (bicyclic) bond motifs is 2. The third kappa shape index (κ3) is 5.07. The van der Waals surface area contributed by atoms with Crippen LogP contribution in [0, 0.1) is 6.92 Å². The smallest absolute Gasteiger partial charge is 0.253 e. The van der Waals surface area contributed by atoms with Crippen molar-refractivity contribution in [2.45, 2.75) is 20.0 Å². The van der Waals surface area contributed by atoms with E-state index in [1.54, 1.807) is 13.2 Å². The molecule has 0 bridgehead atoms. The van der Waals surface area contributed by atoms with Gasteiger partial charge in [-0.25, -0.2) is 0 Å². The molecule has 1 aliphatic rings. The maximum absolute atomic E-state index is 13.0. The van der Waals surface area contributed by atoms with Gasteiger partial charge in [0.1, 0.15) is 5.75 Å². The lowest BCUT2D eigenvalue weighted by Crippen LogP contribution is -2.35. The van der Waals surface area contributed by atoms with Crippen LogP contribution in [0.25, 0.3) is 10.9 Å². The molecular formula is C27H25N3O4S. The van der Waals surface area contributed by atoms with Gasteiger partial charge in [0.15, 0.2) is 16.6 Å². The Kier molecular flexibility index (Phi) is 6.29. The predicted octanol–water partition coefficient (Wildman–Crippen LogP) is 4.97. The van der Waals surface area contributed by atoms with Crippen molar-refractivity contribution in [1.29, 1.82) is 0 Å². The molecule has 8 heteroatoms. The van der Waals surface area contributed by atoms with E-state index in [-0.39, 0.29) is 12.4 Å². The monoisotopic (exact) mass is 487 g/mol. The van der Waals surface area contributed by atoms with E-state index in [4.69, 9.17) is 26.4 Å². The summed E-state index contributed by atoms with van der Waals surface area (Å²) < 4.78 is 16.2. The summed E-state index contributed by atoms with van der Waals surface area (Å²) in [5, 5.41) is 4.71. The van der Waals surface area contributed by atoms with Gasteiger partial charge < -0.3 is 29.4 Å². The highest BCUT2D eigenvalue weighted by atomic mass is 32.1. The first-order valence-corrected chi connectivity index (χ1v) is 11.6. The molecule has 0 amide bonds. The number of ether oxygens (including phenoxy) is 3. The van der Waals surface area contributed by atoms with E-state index in [0.29, 0.717) is 40.8 Å². The van der Waals surface area contributed by atoms with Gasteiger partial charge >= 0.3 is 0 Å². The van der Waals surface area contributed by atoms with Crippen molar-refractivity contribution in [3.63, 3.8) is 0 Å². The van der Waals surface area contributed by atoms with Crippen molar-refractivity contribution < 1.29 is 14.2 Å². The average Bonchev–Trinajstić information content (AvgIpc) is 3.30. The normalized spacial score (nSPS) is 11.9. The molecule has 5 rings (SSSR count). The fraction of sp³-hybridized carbons (Fsp3) is 0.185. The summed E-state index contributed by atoms with van der Waals surface area (Å²) in [6.45, 7) is 3.05. The molecule has 1 aliphatic heterocycles. The molecule has 0 saturated carbocycles. The summed E-state index contributed by atoms with van der Waals surface area (Å²) in [7, 11) is 1.64. The number of benzene rings is 3. The van der Waals surface area contributed by atoms with Gasteiger partial charge in [-0.1, -0.05) is 24.3 Å². The Morgan fingerprint density at radius 2 is 1.83 bits per heavy atom. The van der Waals surface area contributed by atoms with Gasteiger partial charge in [-0.05, 0) is 66.7 Å². The van der Waals surface area contributed by atoms with Crippen LogP contribution in [0.3, 0.4) is 0 Å². The molecular weight excluding hydrogens is 462 g/mol. The molecule has 0 spiro atoms. The molecule has 3 aromatic carbocycles. The second-order valence-electron chi connectivity index (χ2n) is 8.42. The highest BCUT2D eigenvalue weighted by molar-refractivity contribution is 7.80. The lowest BCUT2D eigenvalue weighted by molar-refractivity contribution is 0.174. The topological polar surface area (TPSA) is 75.8 Å². The fourth-order valence-electron chi connectivity index (χ4n) is 4.04. The minimum Gasteiger partial charge on any atom is -0.497 e. The van der Waals surface area contributed by atoms with Crippen molar-refractivity contribution in [3.05, 3.63) is 93.8 Å². The zero-order valence-electron chi connectivity index (χ0n) is 19.5. The van der Waals surface area contributed by atoms with Crippen LogP contribution in [0.15, 0.2) is 71.5 Å². The number of hydrogen-bond donors (Lipinski definition) is 2. The third-order valence-electron chi connectivity index (χ3n) is 5.86. The number of thiocarbonyl (C=S) groups is 1. The molecule has 0 saturated heterocycles. The van der Waals surface area contributed by atoms with Crippen LogP contribution in [0.1, 0.15) is 16.7 Å². The highest BCUT2D eigenvalue weighted by Crippen LogP contribution is 2.35. The summed E-state index contributed by atoms with van der Waals surface area (Å²) in [6, 6.07) is 21.4. The van der Waals surface area contributed by atoms with Gasteiger partial charge in [0.05, 0.1) is 19.2 Å². The standard InChI is InChI=1S/C27H25N3O4S/c1-17-4-3-5-21(10-17)28-27(35)30(14-18-6-8-22(32-2)9-7-18)15-20-11-19-12-24-25(34-16-33-24)13-23(19)29-26(20)31/h3-13H,14-16H2,1-2H3,(H,28,35)(H,29,31). The van der Waals surface area contributed by atoms with Crippen LogP contribution in [-0.4, -0.2) is 28.9 Å².